The lowest BCUT2D eigenvalue weighted by Gasteiger charge is -2.24. The van der Waals surface area contributed by atoms with E-state index in [0.29, 0.717) is 17.1 Å². The van der Waals surface area contributed by atoms with Crippen molar-refractivity contribution in [3.63, 3.8) is 0 Å². The van der Waals surface area contributed by atoms with Crippen molar-refractivity contribution in [3.05, 3.63) is 53.6 Å². The standard InChI is InChI=1S/C21H24N4O/c1-2-12-25-13-4-7-18(25)14-8-10-15(11-9-14)21-23-17-6-3-5-16(20(22)26)19(17)24-21/h3,5-6,8-11,18H,2,4,7,12-13H2,1H3,(H2,22,26)(H,23,24). The Balaban J connectivity index is 1.64. The maximum absolute atomic E-state index is 11.6. The minimum absolute atomic E-state index is 0.447. The van der Waals surface area contributed by atoms with Crippen LogP contribution in [0.2, 0.25) is 0 Å². The first kappa shape index (κ1) is 16.8. The van der Waals surface area contributed by atoms with Gasteiger partial charge in [-0.15, -0.1) is 0 Å². The molecule has 3 N–H and O–H groups in total. The summed E-state index contributed by atoms with van der Waals surface area (Å²) in [7, 11) is 0. The third kappa shape index (κ3) is 2.99. The summed E-state index contributed by atoms with van der Waals surface area (Å²) < 4.78 is 0. The Hall–Kier alpha value is -2.66. The molecule has 0 radical (unpaired) electrons. The first-order valence-electron chi connectivity index (χ1n) is 9.30. The zero-order valence-electron chi connectivity index (χ0n) is 15.0. The van der Waals surface area contributed by atoms with E-state index in [-0.39, 0.29) is 0 Å². The first-order valence-corrected chi connectivity index (χ1v) is 9.30. The van der Waals surface area contributed by atoms with Gasteiger partial charge in [-0.25, -0.2) is 4.98 Å². The van der Waals surface area contributed by atoms with E-state index in [0.717, 1.165) is 23.4 Å². The number of nitrogens with one attached hydrogen (secondary N) is 1. The highest BCUT2D eigenvalue weighted by Gasteiger charge is 2.25. The van der Waals surface area contributed by atoms with Gasteiger partial charge in [0.15, 0.2) is 0 Å². The van der Waals surface area contributed by atoms with Crippen LogP contribution in [0.1, 0.15) is 48.1 Å². The van der Waals surface area contributed by atoms with Gasteiger partial charge in [0.05, 0.1) is 11.1 Å². The van der Waals surface area contributed by atoms with Crippen LogP contribution in [0, 0.1) is 0 Å². The van der Waals surface area contributed by atoms with Crippen molar-refractivity contribution in [3.8, 4) is 11.4 Å². The number of para-hydroxylation sites is 1. The molecule has 5 heteroatoms. The van der Waals surface area contributed by atoms with Gasteiger partial charge in [0, 0.05) is 11.6 Å². The van der Waals surface area contributed by atoms with Crippen LogP contribution in [0.3, 0.4) is 0 Å². The van der Waals surface area contributed by atoms with Crippen LogP contribution in [-0.2, 0) is 0 Å². The molecule has 2 aromatic carbocycles. The molecular formula is C21H24N4O. The van der Waals surface area contributed by atoms with Crippen molar-refractivity contribution in [2.75, 3.05) is 13.1 Å². The van der Waals surface area contributed by atoms with Gasteiger partial charge >= 0.3 is 0 Å². The zero-order valence-corrected chi connectivity index (χ0v) is 15.0. The molecule has 134 valence electrons. The third-order valence-corrected chi connectivity index (χ3v) is 5.22. The van der Waals surface area contributed by atoms with Gasteiger partial charge in [0.1, 0.15) is 11.3 Å². The fourth-order valence-corrected chi connectivity index (χ4v) is 3.99. The van der Waals surface area contributed by atoms with E-state index in [2.05, 4.69) is 46.1 Å². The number of primary amides is 1. The Morgan fingerprint density at radius 2 is 2.08 bits per heavy atom. The van der Waals surface area contributed by atoms with Crippen molar-refractivity contribution in [1.29, 1.82) is 0 Å². The molecule has 0 spiro atoms. The molecule has 0 bridgehead atoms. The topological polar surface area (TPSA) is 75.0 Å². The highest BCUT2D eigenvalue weighted by atomic mass is 16.1. The quantitative estimate of drug-likeness (QED) is 0.735. The number of nitrogens with zero attached hydrogens (tertiary/aromatic N) is 2. The molecule has 1 aliphatic rings. The Labute approximate surface area is 153 Å². The average molecular weight is 348 g/mol. The third-order valence-electron chi connectivity index (χ3n) is 5.22. The Kier molecular flexibility index (Phi) is 4.47. The van der Waals surface area contributed by atoms with Gasteiger partial charge in [-0.3, -0.25) is 9.69 Å². The lowest BCUT2D eigenvalue weighted by atomic mass is 10.0. The molecule has 1 saturated heterocycles. The van der Waals surface area contributed by atoms with Crippen LogP contribution < -0.4 is 5.73 Å². The number of benzene rings is 2. The lowest BCUT2D eigenvalue weighted by molar-refractivity contribution is 0.100. The van der Waals surface area contributed by atoms with Gasteiger partial charge in [-0.05, 0) is 50.0 Å². The molecule has 2 heterocycles. The van der Waals surface area contributed by atoms with E-state index >= 15 is 0 Å². The monoisotopic (exact) mass is 348 g/mol. The number of hydrogen-bond donors (Lipinski definition) is 2. The number of nitrogens with two attached hydrogens (primary N) is 1. The number of likely N-dealkylation sites (tertiary alicyclic amines) is 1. The summed E-state index contributed by atoms with van der Waals surface area (Å²) in [5.41, 5.74) is 9.74. The second kappa shape index (κ2) is 6.92. The van der Waals surface area contributed by atoms with E-state index in [1.165, 1.54) is 31.4 Å². The number of carbonyl (C=O) groups is 1. The minimum atomic E-state index is -0.457. The molecule has 0 saturated carbocycles. The fraction of sp³-hybridized carbons (Fsp3) is 0.333. The predicted octanol–water partition coefficient (Wildman–Crippen LogP) is 3.88. The number of aromatic amines is 1. The summed E-state index contributed by atoms with van der Waals surface area (Å²) in [5, 5.41) is 0. The molecule has 1 atom stereocenters. The number of H-pyrrole nitrogens is 1. The second-order valence-corrected chi connectivity index (χ2v) is 6.97. The second-order valence-electron chi connectivity index (χ2n) is 6.97. The maximum atomic E-state index is 11.6. The molecule has 4 rings (SSSR count). The number of aromatic nitrogens is 2. The maximum Gasteiger partial charge on any atom is 0.250 e. The fourth-order valence-electron chi connectivity index (χ4n) is 3.99. The molecular weight excluding hydrogens is 324 g/mol. The highest BCUT2D eigenvalue weighted by molar-refractivity contribution is 6.04. The van der Waals surface area contributed by atoms with E-state index in [1.54, 1.807) is 6.07 Å². The average Bonchev–Trinajstić information content (AvgIpc) is 3.28. The van der Waals surface area contributed by atoms with E-state index < -0.39 is 5.91 Å². The number of carbonyl (C=O) groups excluding carboxylic acids is 1. The summed E-state index contributed by atoms with van der Waals surface area (Å²) in [6.07, 6.45) is 3.69. The van der Waals surface area contributed by atoms with Gasteiger partial charge < -0.3 is 10.7 Å². The summed E-state index contributed by atoms with van der Waals surface area (Å²) in [6.45, 7) is 4.59. The van der Waals surface area contributed by atoms with Gasteiger partial charge in [-0.1, -0.05) is 37.3 Å². The van der Waals surface area contributed by atoms with Crippen LogP contribution in [0.5, 0.6) is 0 Å². The molecule has 1 aromatic heterocycles. The van der Waals surface area contributed by atoms with E-state index in [1.807, 2.05) is 12.1 Å². The van der Waals surface area contributed by atoms with Gasteiger partial charge in [0.25, 0.3) is 5.91 Å². The van der Waals surface area contributed by atoms with Crippen LogP contribution >= 0.6 is 0 Å². The summed E-state index contributed by atoms with van der Waals surface area (Å²) in [4.78, 5) is 22.1. The summed E-state index contributed by atoms with van der Waals surface area (Å²) in [5.74, 6) is 0.304. The lowest BCUT2D eigenvalue weighted by Crippen LogP contribution is -2.23. The molecule has 0 aliphatic carbocycles. The molecule has 1 amide bonds. The van der Waals surface area contributed by atoms with Crippen LogP contribution in [-0.4, -0.2) is 33.9 Å². The minimum Gasteiger partial charge on any atom is -0.366 e. The van der Waals surface area contributed by atoms with Gasteiger partial charge in [-0.2, -0.15) is 0 Å². The number of rotatable bonds is 5. The van der Waals surface area contributed by atoms with Crippen molar-refractivity contribution in [2.45, 2.75) is 32.2 Å². The van der Waals surface area contributed by atoms with E-state index in [9.17, 15) is 4.79 Å². The number of imidazole rings is 1. The van der Waals surface area contributed by atoms with Crippen LogP contribution in [0.15, 0.2) is 42.5 Å². The molecule has 3 aromatic rings. The smallest absolute Gasteiger partial charge is 0.250 e. The molecule has 5 nitrogen and oxygen atoms in total. The summed E-state index contributed by atoms with van der Waals surface area (Å²) >= 11 is 0. The first-order chi connectivity index (χ1) is 12.7. The van der Waals surface area contributed by atoms with Crippen molar-refractivity contribution in [1.82, 2.24) is 14.9 Å². The van der Waals surface area contributed by atoms with Crippen molar-refractivity contribution < 1.29 is 4.79 Å². The molecule has 1 unspecified atom stereocenters. The number of fused-ring (bicyclic) bond motifs is 1. The molecule has 1 aliphatic heterocycles. The van der Waals surface area contributed by atoms with Crippen LogP contribution in [0.25, 0.3) is 22.4 Å². The Bertz CT molecular complexity index is 929. The molecule has 26 heavy (non-hydrogen) atoms. The normalized spacial score (nSPS) is 17.8. The number of amides is 1. The summed E-state index contributed by atoms with van der Waals surface area (Å²) in [6, 6.07) is 14.6. The predicted molar refractivity (Wildman–Crippen MR) is 104 cm³/mol. The van der Waals surface area contributed by atoms with Crippen molar-refractivity contribution in [2.24, 2.45) is 5.73 Å². The van der Waals surface area contributed by atoms with Gasteiger partial charge in [0.2, 0.25) is 0 Å². The Morgan fingerprint density at radius 3 is 2.81 bits per heavy atom. The number of hydrogen-bond acceptors (Lipinski definition) is 3. The van der Waals surface area contributed by atoms with Crippen molar-refractivity contribution >= 4 is 16.9 Å². The SMILES string of the molecule is CCCN1CCCC1c1ccc(-c2nc3c(C(N)=O)cccc3[nH]2)cc1. The largest absolute Gasteiger partial charge is 0.366 e. The molecule has 1 fully saturated rings. The zero-order chi connectivity index (χ0) is 18.1. The highest BCUT2D eigenvalue weighted by Crippen LogP contribution is 2.33. The Morgan fingerprint density at radius 1 is 1.27 bits per heavy atom. The van der Waals surface area contributed by atoms with Crippen LogP contribution in [0.4, 0.5) is 0 Å². The van der Waals surface area contributed by atoms with E-state index in [4.69, 9.17) is 5.73 Å².